The quantitative estimate of drug-likeness (QED) is 0.183. The number of allylic oxidation sites excluding steroid dienone is 4. The normalized spacial score (nSPS) is 17.3. The van der Waals surface area contributed by atoms with E-state index >= 15 is 0 Å². The lowest BCUT2D eigenvalue weighted by molar-refractivity contribution is 0.666. The largest absolute Gasteiger partial charge is 0.315 e. The minimum absolute atomic E-state index is 0.180. The highest BCUT2D eigenvalue weighted by molar-refractivity contribution is 6.98. The Morgan fingerprint density at radius 1 is 0.480 bits per heavy atom. The predicted octanol–water partition coefficient (Wildman–Crippen LogP) is 7.62. The molecule has 1 atom stereocenters. The molecule has 4 aliphatic rings. The molecule has 0 radical (unpaired) electrons. The number of benzene rings is 6. The number of rotatable bonds is 4. The fourth-order valence-corrected chi connectivity index (χ4v) is 9.56. The Morgan fingerprint density at radius 3 is 1.52 bits per heavy atom. The molecule has 50 heavy (non-hydrogen) atoms. The number of fused-ring (bicyclic) bond motifs is 4. The first kappa shape index (κ1) is 29.4. The molecule has 0 amide bonds. The van der Waals surface area contributed by atoms with Crippen molar-refractivity contribution >= 4 is 69.2 Å². The highest BCUT2D eigenvalue weighted by atomic mass is 15.2. The standard InChI is InChI=1S/C46H38B2N2/c1-32-16-14-26-42-46(32)50(34-19-6-3-7-20-34)45-29-13-10-25-41(45)48(42)38-31-30-37(35-21-15-22-36(35)38)47-39-23-8-11-27-43(39)49(33-17-4-2-5-18-33)44-28-12-9-24-40(44)47/h2-14,17-20,23-32H,15-16,21-22H2,1H3. The minimum Gasteiger partial charge on any atom is -0.315 e. The summed E-state index contributed by atoms with van der Waals surface area (Å²) in [5, 5.41) is 0. The summed E-state index contributed by atoms with van der Waals surface area (Å²) in [7, 11) is 0. The zero-order chi connectivity index (χ0) is 33.2. The Hall–Kier alpha value is -5.47. The van der Waals surface area contributed by atoms with Crippen molar-refractivity contribution in [1.82, 2.24) is 0 Å². The van der Waals surface area contributed by atoms with Gasteiger partial charge in [-0.05, 0) is 107 Å². The van der Waals surface area contributed by atoms with Crippen LogP contribution in [0.25, 0.3) is 0 Å². The third kappa shape index (κ3) is 4.44. The second-order valence-corrected chi connectivity index (χ2v) is 14.3. The van der Waals surface area contributed by atoms with Crippen molar-refractivity contribution in [3.63, 3.8) is 0 Å². The summed E-state index contributed by atoms with van der Waals surface area (Å²) in [5.41, 5.74) is 19.5. The zero-order valence-electron chi connectivity index (χ0n) is 28.5. The van der Waals surface area contributed by atoms with Crippen LogP contribution >= 0.6 is 0 Å². The van der Waals surface area contributed by atoms with E-state index in [0.29, 0.717) is 5.92 Å². The smallest absolute Gasteiger partial charge is 0.247 e. The number of nitrogens with zero attached hydrogens (tertiary/aromatic N) is 2. The van der Waals surface area contributed by atoms with Gasteiger partial charge < -0.3 is 9.80 Å². The summed E-state index contributed by atoms with van der Waals surface area (Å²) in [6, 6.07) is 54.2. The Bertz CT molecular complexity index is 2280. The van der Waals surface area contributed by atoms with Crippen molar-refractivity contribution in [3.05, 3.63) is 180 Å². The van der Waals surface area contributed by atoms with E-state index in [4.69, 9.17) is 0 Å². The van der Waals surface area contributed by atoms with Gasteiger partial charge in [-0.15, -0.1) is 0 Å². The van der Waals surface area contributed by atoms with E-state index in [1.807, 2.05) is 0 Å². The molecule has 6 aromatic rings. The first-order valence-corrected chi connectivity index (χ1v) is 18.3. The lowest BCUT2D eigenvalue weighted by Gasteiger charge is -2.42. The lowest BCUT2D eigenvalue weighted by atomic mass is 9.31. The molecule has 2 aliphatic carbocycles. The third-order valence-corrected chi connectivity index (χ3v) is 11.6. The maximum atomic E-state index is 2.55. The Morgan fingerprint density at radius 2 is 0.940 bits per heavy atom. The van der Waals surface area contributed by atoms with E-state index in [0.717, 1.165) is 19.3 Å². The van der Waals surface area contributed by atoms with Crippen LogP contribution in [0, 0.1) is 5.92 Å². The van der Waals surface area contributed by atoms with E-state index in [2.05, 4.69) is 174 Å². The summed E-state index contributed by atoms with van der Waals surface area (Å²) in [4.78, 5) is 5.01. The molecule has 0 N–H and O–H groups in total. The van der Waals surface area contributed by atoms with E-state index in [1.165, 1.54) is 73.3 Å². The van der Waals surface area contributed by atoms with Gasteiger partial charge in [0.05, 0.1) is 0 Å². The highest BCUT2D eigenvalue weighted by Crippen LogP contribution is 2.42. The van der Waals surface area contributed by atoms with Crippen LogP contribution in [-0.2, 0) is 12.8 Å². The molecule has 2 heterocycles. The van der Waals surface area contributed by atoms with Crippen LogP contribution in [0.4, 0.5) is 28.4 Å². The average Bonchev–Trinajstić information content (AvgIpc) is 3.68. The fourth-order valence-electron chi connectivity index (χ4n) is 9.56. The first-order chi connectivity index (χ1) is 24.8. The maximum absolute atomic E-state index is 2.55. The van der Waals surface area contributed by atoms with Crippen molar-refractivity contribution in [3.8, 4) is 0 Å². The van der Waals surface area contributed by atoms with E-state index in [-0.39, 0.29) is 13.4 Å². The molecule has 6 aromatic carbocycles. The molecule has 0 spiro atoms. The molecule has 2 aliphatic heterocycles. The van der Waals surface area contributed by atoms with Crippen LogP contribution in [0.5, 0.6) is 0 Å². The first-order valence-electron chi connectivity index (χ1n) is 18.3. The summed E-state index contributed by atoms with van der Waals surface area (Å²) in [6.07, 6.45) is 9.39. The van der Waals surface area contributed by atoms with Crippen molar-refractivity contribution in [2.24, 2.45) is 5.92 Å². The highest BCUT2D eigenvalue weighted by Gasteiger charge is 2.42. The van der Waals surface area contributed by atoms with Gasteiger partial charge in [-0.2, -0.15) is 0 Å². The van der Waals surface area contributed by atoms with Gasteiger partial charge in [-0.25, -0.2) is 0 Å². The lowest BCUT2D eigenvalue weighted by Crippen LogP contribution is -2.59. The van der Waals surface area contributed by atoms with Gasteiger partial charge in [-0.3, -0.25) is 0 Å². The third-order valence-electron chi connectivity index (χ3n) is 11.6. The minimum atomic E-state index is 0.180. The van der Waals surface area contributed by atoms with Crippen LogP contribution in [-0.4, -0.2) is 13.4 Å². The number of anilines is 5. The molecular formula is C46H38B2N2. The number of hydrogen-bond donors (Lipinski definition) is 0. The van der Waals surface area contributed by atoms with Gasteiger partial charge in [0, 0.05) is 34.1 Å². The number of hydrogen-bond acceptors (Lipinski definition) is 2. The molecule has 0 saturated heterocycles. The summed E-state index contributed by atoms with van der Waals surface area (Å²) >= 11 is 0. The summed E-state index contributed by atoms with van der Waals surface area (Å²) in [5.74, 6) is 0.432. The van der Waals surface area contributed by atoms with Crippen LogP contribution in [0.1, 0.15) is 30.9 Å². The molecule has 4 heteroatoms. The predicted molar refractivity (Wildman–Crippen MR) is 214 cm³/mol. The molecule has 0 saturated carbocycles. The zero-order valence-corrected chi connectivity index (χ0v) is 28.5. The van der Waals surface area contributed by atoms with Gasteiger partial charge >= 0.3 is 0 Å². The molecule has 0 fully saturated rings. The van der Waals surface area contributed by atoms with Crippen LogP contribution in [0.2, 0.25) is 0 Å². The number of para-hydroxylation sites is 5. The molecule has 0 bridgehead atoms. The fraction of sp³-hybridized carbons (Fsp3) is 0.130. The van der Waals surface area contributed by atoms with Gasteiger partial charge in [0.1, 0.15) is 0 Å². The SMILES string of the molecule is CC1CC=CC2=C1N(c1ccccc1)c1ccccc1B2c1ccc(B2c3ccccc3N(c3ccccc3)c3ccccc32)c2c1CCC2. The van der Waals surface area contributed by atoms with Gasteiger partial charge in [-0.1, -0.05) is 133 Å². The van der Waals surface area contributed by atoms with Crippen LogP contribution in [0.3, 0.4) is 0 Å². The maximum Gasteiger partial charge on any atom is 0.247 e. The second kappa shape index (κ2) is 11.8. The molecular weight excluding hydrogens is 602 g/mol. The second-order valence-electron chi connectivity index (χ2n) is 14.3. The van der Waals surface area contributed by atoms with E-state index in [1.54, 1.807) is 11.1 Å². The van der Waals surface area contributed by atoms with E-state index in [9.17, 15) is 0 Å². The molecule has 0 aromatic heterocycles. The van der Waals surface area contributed by atoms with Gasteiger partial charge in [0.15, 0.2) is 0 Å². The van der Waals surface area contributed by atoms with Crippen molar-refractivity contribution < 1.29 is 0 Å². The average molecular weight is 640 g/mol. The summed E-state index contributed by atoms with van der Waals surface area (Å²) in [6.45, 7) is 2.80. The molecule has 1 unspecified atom stereocenters. The molecule has 2 nitrogen and oxygen atoms in total. The van der Waals surface area contributed by atoms with Crippen molar-refractivity contribution in [1.29, 1.82) is 0 Å². The Balaban J connectivity index is 1.17. The van der Waals surface area contributed by atoms with Crippen LogP contribution in [0.15, 0.2) is 169 Å². The van der Waals surface area contributed by atoms with Crippen molar-refractivity contribution in [2.75, 3.05) is 9.80 Å². The van der Waals surface area contributed by atoms with Gasteiger partial charge in [0.25, 0.3) is 0 Å². The van der Waals surface area contributed by atoms with Crippen molar-refractivity contribution in [2.45, 2.75) is 32.6 Å². The van der Waals surface area contributed by atoms with Gasteiger partial charge in [0.2, 0.25) is 13.4 Å². The molecule has 10 rings (SSSR count). The topological polar surface area (TPSA) is 6.48 Å². The molecule has 238 valence electrons. The van der Waals surface area contributed by atoms with E-state index < -0.39 is 0 Å². The Kier molecular flexibility index (Phi) is 6.98. The Labute approximate surface area is 296 Å². The monoisotopic (exact) mass is 640 g/mol. The summed E-state index contributed by atoms with van der Waals surface area (Å²) < 4.78 is 0. The van der Waals surface area contributed by atoms with Crippen LogP contribution < -0.4 is 37.1 Å².